The Morgan fingerprint density at radius 3 is 2.60 bits per heavy atom. The van der Waals surface area contributed by atoms with Crippen molar-refractivity contribution in [3.63, 3.8) is 0 Å². The lowest BCUT2D eigenvalue weighted by Crippen LogP contribution is -2.28. The van der Waals surface area contributed by atoms with Crippen LogP contribution in [0.3, 0.4) is 0 Å². The van der Waals surface area contributed by atoms with Crippen molar-refractivity contribution in [2.45, 2.75) is 13.5 Å². The van der Waals surface area contributed by atoms with Gasteiger partial charge in [-0.05, 0) is 48.5 Å². The molecular weight excluding hydrogens is 311 g/mol. The second kappa shape index (κ2) is 6.93. The summed E-state index contributed by atoms with van der Waals surface area (Å²) >= 11 is 17.2. The number of aryl methyl sites for hydroxylation is 1. The molecule has 0 aliphatic carbocycles. The molecular formula is C15H14Cl2N2S. The van der Waals surface area contributed by atoms with E-state index in [-0.39, 0.29) is 0 Å². The normalized spacial score (nSPS) is 10.2. The van der Waals surface area contributed by atoms with Crippen LogP contribution in [0.5, 0.6) is 0 Å². The van der Waals surface area contributed by atoms with Crippen LogP contribution in [0.25, 0.3) is 0 Å². The van der Waals surface area contributed by atoms with E-state index < -0.39 is 0 Å². The first-order valence-corrected chi connectivity index (χ1v) is 7.27. The molecule has 2 aromatic carbocycles. The molecule has 0 amide bonds. The van der Waals surface area contributed by atoms with Crippen LogP contribution in [0.2, 0.25) is 10.0 Å². The highest BCUT2D eigenvalue weighted by molar-refractivity contribution is 7.80. The topological polar surface area (TPSA) is 24.1 Å². The lowest BCUT2D eigenvalue weighted by atomic mass is 10.2. The van der Waals surface area contributed by atoms with E-state index in [9.17, 15) is 0 Å². The van der Waals surface area contributed by atoms with Crippen molar-refractivity contribution >= 4 is 46.2 Å². The third kappa shape index (κ3) is 4.10. The predicted molar refractivity (Wildman–Crippen MR) is 90.7 cm³/mol. The van der Waals surface area contributed by atoms with Gasteiger partial charge in [0.15, 0.2) is 5.11 Å². The van der Waals surface area contributed by atoms with Gasteiger partial charge in [-0.3, -0.25) is 0 Å². The molecule has 5 heteroatoms. The molecule has 2 rings (SSSR count). The largest absolute Gasteiger partial charge is 0.358 e. The Bertz CT molecular complexity index is 629. The molecule has 0 aliphatic heterocycles. The molecule has 104 valence electrons. The van der Waals surface area contributed by atoms with Crippen LogP contribution in [-0.2, 0) is 6.54 Å². The smallest absolute Gasteiger partial charge is 0.171 e. The zero-order valence-electron chi connectivity index (χ0n) is 10.9. The molecule has 20 heavy (non-hydrogen) atoms. The van der Waals surface area contributed by atoms with E-state index in [0.717, 1.165) is 16.8 Å². The van der Waals surface area contributed by atoms with Gasteiger partial charge in [0.1, 0.15) is 0 Å². The van der Waals surface area contributed by atoms with Gasteiger partial charge in [-0.2, -0.15) is 0 Å². The molecule has 0 atom stereocenters. The van der Waals surface area contributed by atoms with Gasteiger partial charge >= 0.3 is 0 Å². The van der Waals surface area contributed by atoms with Crippen molar-refractivity contribution in [3.05, 3.63) is 63.6 Å². The van der Waals surface area contributed by atoms with E-state index in [2.05, 4.69) is 10.6 Å². The van der Waals surface area contributed by atoms with Crippen LogP contribution < -0.4 is 10.6 Å². The van der Waals surface area contributed by atoms with E-state index >= 15 is 0 Å². The molecule has 0 aliphatic rings. The van der Waals surface area contributed by atoms with Crippen LogP contribution in [0.15, 0.2) is 42.5 Å². The second-order valence-corrected chi connectivity index (χ2v) is 5.61. The number of anilines is 1. The molecule has 0 radical (unpaired) electrons. The van der Waals surface area contributed by atoms with E-state index in [1.165, 1.54) is 0 Å². The minimum Gasteiger partial charge on any atom is -0.358 e. The quantitative estimate of drug-likeness (QED) is 0.794. The lowest BCUT2D eigenvalue weighted by Gasteiger charge is -2.13. The summed E-state index contributed by atoms with van der Waals surface area (Å²) < 4.78 is 0. The summed E-state index contributed by atoms with van der Waals surface area (Å²) in [5.74, 6) is 0. The summed E-state index contributed by atoms with van der Waals surface area (Å²) in [7, 11) is 0. The van der Waals surface area contributed by atoms with Gasteiger partial charge in [-0.25, -0.2) is 0 Å². The van der Waals surface area contributed by atoms with Crippen molar-refractivity contribution in [2.24, 2.45) is 0 Å². The average molecular weight is 325 g/mol. The highest BCUT2D eigenvalue weighted by Gasteiger charge is 2.03. The Morgan fingerprint density at radius 2 is 1.90 bits per heavy atom. The molecule has 0 heterocycles. The molecule has 0 saturated carbocycles. The van der Waals surface area contributed by atoms with E-state index in [4.69, 9.17) is 35.4 Å². The first-order valence-electron chi connectivity index (χ1n) is 6.10. The standard InChI is InChI=1S/C15H14Cl2N2S/c1-10-4-2-3-5-14(10)19-15(20)18-9-11-6-7-12(16)8-13(11)17/h2-8H,9H2,1H3,(H2,18,19,20). The fourth-order valence-electron chi connectivity index (χ4n) is 1.72. The summed E-state index contributed by atoms with van der Waals surface area (Å²) in [6, 6.07) is 13.4. The van der Waals surface area contributed by atoms with Crippen LogP contribution in [0.4, 0.5) is 5.69 Å². The Hall–Kier alpha value is -1.29. The van der Waals surface area contributed by atoms with Crippen LogP contribution >= 0.6 is 35.4 Å². The highest BCUT2D eigenvalue weighted by Crippen LogP contribution is 2.20. The summed E-state index contributed by atoms with van der Waals surface area (Å²) in [5, 5.41) is 8.10. The van der Waals surface area contributed by atoms with Gasteiger partial charge in [-0.15, -0.1) is 0 Å². The Labute approximate surface area is 134 Å². The van der Waals surface area contributed by atoms with Crippen LogP contribution in [0.1, 0.15) is 11.1 Å². The second-order valence-electron chi connectivity index (χ2n) is 4.36. The summed E-state index contributed by atoms with van der Waals surface area (Å²) in [5.41, 5.74) is 3.08. The van der Waals surface area contributed by atoms with E-state index in [1.54, 1.807) is 6.07 Å². The predicted octanol–water partition coefficient (Wildman–Crippen LogP) is 4.79. The molecule has 2 aromatic rings. The molecule has 0 spiro atoms. The molecule has 0 saturated heterocycles. The summed E-state index contributed by atoms with van der Waals surface area (Å²) in [6.07, 6.45) is 0. The van der Waals surface area contributed by atoms with Crippen LogP contribution in [-0.4, -0.2) is 5.11 Å². The van der Waals surface area contributed by atoms with Crippen LogP contribution in [0, 0.1) is 6.92 Å². The molecule has 2 N–H and O–H groups in total. The van der Waals surface area contributed by atoms with Gasteiger partial charge in [0.05, 0.1) is 0 Å². The molecule has 2 nitrogen and oxygen atoms in total. The number of halogens is 2. The summed E-state index contributed by atoms with van der Waals surface area (Å²) in [4.78, 5) is 0. The number of nitrogens with one attached hydrogen (secondary N) is 2. The maximum absolute atomic E-state index is 6.11. The zero-order valence-corrected chi connectivity index (χ0v) is 13.2. The number of hydrogen-bond donors (Lipinski definition) is 2. The lowest BCUT2D eigenvalue weighted by molar-refractivity contribution is 0.926. The van der Waals surface area contributed by atoms with Gasteiger partial charge in [0.25, 0.3) is 0 Å². The number of benzene rings is 2. The third-order valence-corrected chi connectivity index (χ3v) is 3.68. The molecule has 0 bridgehead atoms. The van der Waals surface area contributed by atoms with Crippen molar-refractivity contribution < 1.29 is 0 Å². The molecule has 0 aromatic heterocycles. The SMILES string of the molecule is Cc1ccccc1NC(=S)NCc1ccc(Cl)cc1Cl. The van der Waals surface area contributed by atoms with Crippen molar-refractivity contribution in [3.8, 4) is 0 Å². The number of thiocarbonyl (C=S) groups is 1. The van der Waals surface area contributed by atoms with Crippen molar-refractivity contribution in [1.29, 1.82) is 0 Å². The maximum atomic E-state index is 6.11. The zero-order chi connectivity index (χ0) is 14.5. The van der Waals surface area contributed by atoms with Gasteiger partial charge in [0, 0.05) is 22.3 Å². The Morgan fingerprint density at radius 1 is 1.15 bits per heavy atom. The van der Waals surface area contributed by atoms with Gasteiger partial charge in [-0.1, -0.05) is 47.5 Å². The number of rotatable bonds is 3. The fraction of sp³-hybridized carbons (Fsp3) is 0.133. The minimum absolute atomic E-state index is 0.549. The molecule has 0 fully saturated rings. The Kier molecular flexibility index (Phi) is 5.24. The Balaban J connectivity index is 1.94. The monoisotopic (exact) mass is 324 g/mol. The van der Waals surface area contributed by atoms with Crippen molar-refractivity contribution in [1.82, 2.24) is 5.32 Å². The first-order chi connectivity index (χ1) is 9.56. The average Bonchev–Trinajstić information content (AvgIpc) is 2.40. The van der Waals surface area contributed by atoms with E-state index in [0.29, 0.717) is 21.7 Å². The van der Waals surface area contributed by atoms with E-state index in [1.807, 2.05) is 43.3 Å². The third-order valence-electron chi connectivity index (χ3n) is 2.85. The fourth-order valence-corrected chi connectivity index (χ4v) is 2.38. The van der Waals surface area contributed by atoms with Gasteiger partial charge < -0.3 is 10.6 Å². The highest BCUT2D eigenvalue weighted by atomic mass is 35.5. The number of hydrogen-bond acceptors (Lipinski definition) is 1. The van der Waals surface area contributed by atoms with Gasteiger partial charge in [0.2, 0.25) is 0 Å². The maximum Gasteiger partial charge on any atom is 0.171 e. The summed E-state index contributed by atoms with van der Waals surface area (Å²) in [6.45, 7) is 2.58. The number of para-hydroxylation sites is 1. The first kappa shape index (κ1) is 15.1. The van der Waals surface area contributed by atoms with Crippen molar-refractivity contribution in [2.75, 3.05) is 5.32 Å². The molecule has 0 unspecified atom stereocenters. The minimum atomic E-state index is 0.549.